The van der Waals surface area contributed by atoms with Gasteiger partial charge in [-0.15, -0.1) is 6.58 Å². The van der Waals surface area contributed by atoms with Crippen molar-refractivity contribution in [1.29, 1.82) is 0 Å². The minimum Gasteiger partial charge on any atom is -0.326 e. The van der Waals surface area contributed by atoms with Crippen LogP contribution in [0.3, 0.4) is 0 Å². The van der Waals surface area contributed by atoms with Gasteiger partial charge in [-0.1, -0.05) is 35.9 Å². The minimum atomic E-state index is -0.0479. The Morgan fingerprint density at radius 2 is 1.83 bits per heavy atom. The van der Waals surface area contributed by atoms with E-state index in [2.05, 4.69) is 41.1 Å². The lowest BCUT2D eigenvalue weighted by molar-refractivity contribution is -0.121. The number of allylic oxidation sites excluding steroid dienone is 1. The molecule has 0 radical (unpaired) electrons. The molecule has 1 aliphatic carbocycles. The Hall–Kier alpha value is -2.65. The second-order valence-electron chi connectivity index (χ2n) is 8.16. The van der Waals surface area contributed by atoms with Crippen LogP contribution in [0.4, 0.5) is 5.69 Å². The highest BCUT2D eigenvalue weighted by molar-refractivity contribution is 6.30. The van der Waals surface area contributed by atoms with Gasteiger partial charge < -0.3 is 5.32 Å². The number of carbonyl (C=O) groups is 1. The molecule has 154 valence electrons. The molecule has 2 aromatic carbocycles. The van der Waals surface area contributed by atoms with E-state index in [1.54, 1.807) is 12.1 Å². The average molecular weight is 419 g/mol. The van der Waals surface area contributed by atoms with Gasteiger partial charge in [-0.25, -0.2) is 0 Å². The van der Waals surface area contributed by atoms with Gasteiger partial charge >= 0.3 is 0 Å². The number of nitrogens with one attached hydrogen (secondary N) is 1. The lowest BCUT2D eigenvalue weighted by atomic mass is 9.72. The van der Waals surface area contributed by atoms with Crippen LogP contribution >= 0.6 is 11.6 Å². The van der Waals surface area contributed by atoms with Crippen molar-refractivity contribution in [1.82, 2.24) is 4.98 Å². The first-order valence-electron chi connectivity index (χ1n) is 10.7. The smallest absolute Gasteiger partial charge is 0.228 e. The molecule has 0 spiro atoms. The van der Waals surface area contributed by atoms with Crippen LogP contribution in [0.5, 0.6) is 0 Å². The largest absolute Gasteiger partial charge is 0.326 e. The highest BCUT2D eigenvalue weighted by atomic mass is 35.5. The summed E-state index contributed by atoms with van der Waals surface area (Å²) in [4.78, 5) is 17.5. The number of rotatable bonds is 6. The normalized spacial score (nSPS) is 19.9. The number of hydrogen-bond donors (Lipinski definition) is 1. The van der Waals surface area contributed by atoms with E-state index in [0.29, 0.717) is 23.3 Å². The van der Waals surface area contributed by atoms with E-state index in [0.717, 1.165) is 36.9 Å². The average Bonchev–Trinajstić information content (AvgIpc) is 2.79. The molecule has 1 N–H and O–H groups in total. The van der Waals surface area contributed by atoms with Crippen molar-refractivity contribution >= 4 is 34.1 Å². The van der Waals surface area contributed by atoms with Gasteiger partial charge in [0.25, 0.3) is 0 Å². The predicted octanol–water partition coefficient (Wildman–Crippen LogP) is 6.99. The molecule has 1 fully saturated rings. The van der Waals surface area contributed by atoms with Gasteiger partial charge in [0.15, 0.2) is 0 Å². The number of aromatic nitrogens is 1. The lowest BCUT2D eigenvalue weighted by Crippen LogP contribution is -2.31. The first-order valence-corrected chi connectivity index (χ1v) is 11.0. The van der Waals surface area contributed by atoms with Crippen LogP contribution in [0.1, 0.15) is 43.6 Å². The molecule has 1 heterocycles. The summed E-state index contributed by atoms with van der Waals surface area (Å²) < 4.78 is 0. The van der Waals surface area contributed by atoms with Crippen LogP contribution in [0.2, 0.25) is 5.02 Å². The number of halogens is 1. The molecule has 1 aromatic heterocycles. The third-order valence-corrected chi connectivity index (χ3v) is 6.58. The van der Waals surface area contributed by atoms with Crippen LogP contribution in [0.15, 0.2) is 73.4 Å². The van der Waals surface area contributed by atoms with Gasteiger partial charge in [0.05, 0.1) is 5.52 Å². The van der Waals surface area contributed by atoms with E-state index >= 15 is 0 Å². The summed E-state index contributed by atoms with van der Waals surface area (Å²) in [5.74, 6) is 0.931. The number of amides is 1. The number of hydrogen-bond acceptors (Lipinski definition) is 2. The lowest BCUT2D eigenvalue weighted by Gasteiger charge is -2.33. The van der Waals surface area contributed by atoms with Crippen molar-refractivity contribution in [2.75, 3.05) is 5.32 Å². The molecule has 1 saturated carbocycles. The SMILES string of the molecule is C=CCC(C(=O)Nc1ccc(Cl)cc1)C1CCC(c2ccnc3ccccc23)CC1. The number of carbonyl (C=O) groups excluding carboxylic acids is 1. The highest BCUT2D eigenvalue weighted by Gasteiger charge is 2.32. The third kappa shape index (κ3) is 4.57. The summed E-state index contributed by atoms with van der Waals surface area (Å²) in [6.45, 7) is 3.89. The van der Waals surface area contributed by atoms with E-state index in [1.807, 2.05) is 30.5 Å². The Kier molecular flexibility index (Phi) is 6.49. The van der Waals surface area contributed by atoms with Gasteiger partial charge in [0.2, 0.25) is 5.91 Å². The fraction of sp³-hybridized carbons (Fsp3) is 0.308. The molecule has 1 aliphatic rings. The first kappa shape index (κ1) is 20.6. The Balaban J connectivity index is 1.44. The van der Waals surface area contributed by atoms with Crippen molar-refractivity contribution in [3.05, 3.63) is 84.0 Å². The number of pyridine rings is 1. The molecule has 1 unspecified atom stereocenters. The van der Waals surface area contributed by atoms with Crippen LogP contribution < -0.4 is 5.32 Å². The maximum absolute atomic E-state index is 13.0. The van der Waals surface area contributed by atoms with Gasteiger partial charge in [-0.2, -0.15) is 0 Å². The molecule has 4 heteroatoms. The van der Waals surface area contributed by atoms with Crippen molar-refractivity contribution < 1.29 is 4.79 Å². The molecule has 4 rings (SSSR count). The molecule has 3 nitrogen and oxygen atoms in total. The number of para-hydroxylation sites is 1. The monoisotopic (exact) mass is 418 g/mol. The molecule has 1 amide bonds. The maximum Gasteiger partial charge on any atom is 0.228 e. The molecule has 30 heavy (non-hydrogen) atoms. The van der Waals surface area contributed by atoms with Crippen molar-refractivity contribution in [2.45, 2.75) is 38.0 Å². The fourth-order valence-corrected chi connectivity index (χ4v) is 4.89. The van der Waals surface area contributed by atoms with Gasteiger partial charge in [0.1, 0.15) is 0 Å². The highest BCUT2D eigenvalue weighted by Crippen LogP contribution is 2.41. The second kappa shape index (κ2) is 9.44. The quantitative estimate of drug-likeness (QED) is 0.438. The van der Waals surface area contributed by atoms with E-state index in [9.17, 15) is 4.79 Å². The third-order valence-electron chi connectivity index (χ3n) is 6.33. The fourth-order valence-electron chi connectivity index (χ4n) is 4.77. The molecule has 0 aliphatic heterocycles. The zero-order valence-corrected chi connectivity index (χ0v) is 17.8. The second-order valence-corrected chi connectivity index (χ2v) is 8.59. The number of nitrogens with zero attached hydrogens (tertiary/aromatic N) is 1. The zero-order chi connectivity index (χ0) is 20.9. The van der Waals surface area contributed by atoms with E-state index in [-0.39, 0.29) is 11.8 Å². The molecular formula is C26H27ClN2O. The summed E-state index contributed by atoms with van der Waals surface area (Å²) in [6.07, 6.45) is 8.79. The Morgan fingerprint density at radius 3 is 2.57 bits per heavy atom. The number of fused-ring (bicyclic) bond motifs is 1. The molecular weight excluding hydrogens is 392 g/mol. The molecule has 0 saturated heterocycles. The summed E-state index contributed by atoms with van der Waals surface area (Å²) in [5, 5.41) is 4.99. The summed E-state index contributed by atoms with van der Waals surface area (Å²) >= 11 is 5.95. The van der Waals surface area contributed by atoms with Crippen molar-refractivity contribution in [3.8, 4) is 0 Å². The van der Waals surface area contributed by atoms with E-state index < -0.39 is 0 Å². The number of anilines is 1. The van der Waals surface area contributed by atoms with Gasteiger partial charge in [0, 0.05) is 28.2 Å². The Labute approximate surface area is 183 Å². The first-order chi connectivity index (χ1) is 14.7. The van der Waals surface area contributed by atoms with Gasteiger partial charge in [-0.05, 0) is 85.9 Å². The standard InChI is InChI=1S/C26H27ClN2O/c1-2-5-23(26(30)29-21-14-12-20(27)13-15-21)19-10-8-18(9-11-19)22-16-17-28-25-7-4-3-6-24(22)25/h2-4,6-7,12-19,23H,1,5,8-11H2,(H,29,30). The maximum atomic E-state index is 13.0. The van der Waals surface area contributed by atoms with Crippen LogP contribution in [-0.2, 0) is 4.79 Å². The van der Waals surface area contributed by atoms with Crippen molar-refractivity contribution in [3.63, 3.8) is 0 Å². The Morgan fingerprint density at radius 1 is 1.10 bits per heavy atom. The topological polar surface area (TPSA) is 42.0 Å². The Bertz CT molecular complexity index is 1020. The summed E-state index contributed by atoms with van der Waals surface area (Å²) in [6, 6.07) is 17.8. The van der Waals surface area contributed by atoms with Crippen LogP contribution in [-0.4, -0.2) is 10.9 Å². The van der Waals surface area contributed by atoms with E-state index in [1.165, 1.54) is 10.9 Å². The van der Waals surface area contributed by atoms with Crippen LogP contribution in [0, 0.1) is 11.8 Å². The molecule has 1 atom stereocenters. The number of benzene rings is 2. The predicted molar refractivity (Wildman–Crippen MR) is 125 cm³/mol. The zero-order valence-electron chi connectivity index (χ0n) is 17.1. The minimum absolute atomic E-state index is 0.0479. The summed E-state index contributed by atoms with van der Waals surface area (Å²) in [7, 11) is 0. The van der Waals surface area contributed by atoms with E-state index in [4.69, 9.17) is 11.6 Å². The molecule has 3 aromatic rings. The molecule has 0 bridgehead atoms. The van der Waals surface area contributed by atoms with Crippen molar-refractivity contribution in [2.24, 2.45) is 11.8 Å². The van der Waals surface area contributed by atoms with Crippen LogP contribution in [0.25, 0.3) is 10.9 Å². The summed E-state index contributed by atoms with van der Waals surface area (Å²) in [5.41, 5.74) is 3.24. The van der Waals surface area contributed by atoms with Gasteiger partial charge in [-0.3, -0.25) is 9.78 Å².